The van der Waals surface area contributed by atoms with E-state index < -0.39 is 10.0 Å². The van der Waals surface area contributed by atoms with Crippen LogP contribution in [0.15, 0.2) is 47.4 Å². The topological polar surface area (TPSA) is 71.1 Å². The van der Waals surface area contributed by atoms with Crippen molar-refractivity contribution < 1.29 is 8.42 Å². The molecule has 6 heteroatoms. The highest BCUT2D eigenvalue weighted by Crippen LogP contribution is 2.17. The zero-order valence-corrected chi connectivity index (χ0v) is 12.2. The summed E-state index contributed by atoms with van der Waals surface area (Å²) < 4.78 is 26.9. The number of anilines is 2. The third-order valence-electron chi connectivity index (χ3n) is 2.67. The van der Waals surface area contributed by atoms with Crippen molar-refractivity contribution in [2.24, 2.45) is 0 Å². The van der Waals surface area contributed by atoms with Gasteiger partial charge in [0, 0.05) is 17.9 Å². The number of hydrogen-bond acceptors (Lipinski definition) is 4. The molecule has 2 aromatic rings. The number of hydrogen-bond donors (Lipinski definition) is 2. The zero-order valence-electron chi connectivity index (χ0n) is 11.4. The van der Waals surface area contributed by atoms with Gasteiger partial charge in [0.05, 0.1) is 4.90 Å². The molecule has 0 amide bonds. The molecule has 0 atom stereocenters. The van der Waals surface area contributed by atoms with Crippen LogP contribution in [0.3, 0.4) is 0 Å². The maximum absolute atomic E-state index is 12.2. The van der Waals surface area contributed by atoms with E-state index in [1.165, 1.54) is 0 Å². The fourth-order valence-corrected chi connectivity index (χ4v) is 2.75. The number of aryl methyl sites for hydroxylation is 1. The van der Waals surface area contributed by atoms with Crippen LogP contribution in [0, 0.1) is 6.92 Å². The fraction of sp³-hybridized carbons (Fsp3) is 0.214. The summed E-state index contributed by atoms with van der Waals surface area (Å²) in [6.07, 6.45) is 0. The summed E-state index contributed by atoms with van der Waals surface area (Å²) in [6, 6.07) is 11.8. The van der Waals surface area contributed by atoms with Gasteiger partial charge in [-0.25, -0.2) is 13.4 Å². The van der Waals surface area contributed by atoms with Crippen LogP contribution >= 0.6 is 0 Å². The second-order valence-corrected chi connectivity index (χ2v) is 6.01. The highest BCUT2D eigenvalue weighted by molar-refractivity contribution is 7.92. The van der Waals surface area contributed by atoms with Crippen LogP contribution in [0.1, 0.15) is 12.6 Å². The Labute approximate surface area is 119 Å². The normalized spacial score (nSPS) is 11.1. The molecule has 0 radical (unpaired) electrons. The number of aromatic nitrogens is 1. The molecule has 20 heavy (non-hydrogen) atoms. The molecule has 1 aromatic heterocycles. The van der Waals surface area contributed by atoms with E-state index in [0.717, 1.165) is 17.9 Å². The van der Waals surface area contributed by atoms with Crippen molar-refractivity contribution in [1.29, 1.82) is 0 Å². The molecule has 0 aliphatic carbocycles. The Balaban J connectivity index is 2.21. The molecule has 0 saturated carbocycles. The average molecular weight is 291 g/mol. The van der Waals surface area contributed by atoms with E-state index in [0.29, 0.717) is 5.82 Å². The number of nitrogens with zero attached hydrogens (tertiary/aromatic N) is 1. The fourth-order valence-electron chi connectivity index (χ4n) is 1.75. The van der Waals surface area contributed by atoms with Gasteiger partial charge in [-0.1, -0.05) is 6.07 Å². The van der Waals surface area contributed by atoms with Crippen LogP contribution < -0.4 is 10.0 Å². The summed E-state index contributed by atoms with van der Waals surface area (Å²) in [5.74, 6) is 0.320. The lowest BCUT2D eigenvalue weighted by molar-refractivity contribution is 0.601. The van der Waals surface area contributed by atoms with Crippen LogP contribution in [0.25, 0.3) is 0 Å². The van der Waals surface area contributed by atoms with Crippen molar-refractivity contribution in [1.82, 2.24) is 4.98 Å². The van der Waals surface area contributed by atoms with Crippen molar-refractivity contribution in [2.75, 3.05) is 16.6 Å². The number of pyridine rings is 1. The van der Waals surface area contributed by atoms with E-state index in [9.17, 15) is 8.42 Å². The maximum Gasteiger partial charge on any atom is 0.263 e. The summed E-state index contributed by atoms with van der Waals surface area (Å²) in [5, 5.41) is 3.12. The van der Waals surface area contributed by atoms with E-state index in [1.54, 1.807) is 36.4 Å². The maximum atomic E-state index is 12.2. The van der Waals surface area contributed by atoms with Crippen molar-refractivity contribution >= 4 is 21.5 Å². The summed E-state index contributed by atoms with van der Waals surface area (Å²) >= 11 is 0. The van der Waals surface area contributed by atoms with Crippen LogP contribution in [0.4, 0.5) is 11.5 Å². The molecule has 0 spiro atoms. The van der Waals surface area contributed by atoms with E-state index in [4.69, 9.17) is 0 Å². The van der Waals surface area contributed by atoms with Gasteiger partial charge in [-0.05, 0) is 50.2 Å². The van der Waals surface area contributed by atoms with E-state index in [-0.39, 0.29) is 4.90 Å². The first-order valence-electron chi connectivity index (χ1n) is 6.31. The van der Waals surface area contributed by atoms with Gasteiger partial charge in [0.1, 0.15) is 5.82 Å². The van der Waals surface area contributed by atoms with Gasteiger partial charge < -0.3 is 5.32 Å². The molecule has 2 rings (SSSR count). The standard InChI is InChI=1S/C14H17N3O2S/c1-3-15-12-7-9-13(10-8-12)20(18,19)17-14-6-4-5-11(2)16-14/h4-10,15H,3H2,1-2H3,(H,16,17). The summed E-state index contributed by atoms with van der Waals surface area (Å²) in [4.78, 5) is 4.34. The van der Waals surface area contributed by atoms with Gasteiger partial charge in [0.25, 0.3) is 10.0 Å². The quantitative estimate of drug-likeness (QED) is 0.888. The van der Waals surface area contributed by atoms with E-state index in [2.05, 4.69) is 15.0 Å². The van der Waals surface area contributed by atoms with Gasteiger partial charge in [-0.15, -0.1) is 0 Å². The smallest absolute Gasteiger partial charge is 0.263 e. The van der Waals surface area contributed by atoms with Crippen LogP contribution in [0.5, 0.6) is 0 Å². The summed E-state index contributed by atoms with van der Waals surface area (Å²) in [5.41, 5.74) is 1.65. The van der Waals surface area contributed by atoms with Crippen molar-refractivity contribution in [3.63, 3.8) is 0 Å². The van der Waals surface area contributed by atoms with Gasteiger partial charge in [0.2, 0.25) is 0 Å². The molecule has 0 aliphatic heterocycles. The molecule has 0 saturated heterocycles. The Morgan fingerprint density at radius 3 is 2.40 bits per heavy atom. The molecule has 5 nitrogen and oxygen atoms in total. The Morgan fingerprint density at radius 1 is 1.10 bits per heavy atom. The largest absolute Gasteiger partial charge is 0.385 e. The van der Waals surface area contributed by atoms with E-state index >= 15 is 0 Å². The van der Waals surface area contributed by atoms with Crippen molar-refractivity contribution in [2.45, 2.75) is 18.7 Å². The minimum absolute atomic E-state index is 0.211. The highest BCUT2D eigenvalue weighted by Gasteiger charge is 2.14. The monoisotopic (exact) mass is 291 g/mol. The number of sulfonamides is 1. The molecule has 0 aliphatic rings. The molecule has 1 heterocycles. The first-order valence-corrected chi connectivity index (χ1v) is 7.80. The predicted molar refractivity (Wildman–Crippen MR) is 80.4 cm³/mol. The third kappa shape index (κ3) is 3.48. The van der Waals surface area contributed by atoms with Crippen molar-refractivity contribution in [3.8, 4) is 0 Å². The van der Waals surface area contributed by atoms with Gasteiger partial charge in [0.15, 0.2) is 0 Å². The molecule has 0 fully saturated rings. The van der Waals surface area contributed by atoms with Crippen LogP contribution in [-0.4, -0.2) is 19.9 Å². The second kappa shape index (κ2) is 5.92. The molecule has 0 bridgehead atoms. The number of benzene rings is 1. The summed E-state index contributed by atoms with van der Waals surface area (Å²) in [6.45, 7) is 4.58. The molecular weight excluding hydrogens is 274 g/mol. The second-order valence-electron chi connectivity index (χ2n) is 4.32. The minimum Gasteiger partial charge on any atom is -0.385 e. The Bertz CT molecular complexity index is 682. The lowest BCUT2D eigenvalue weighted by Crippen LogP contribution is -2.14. The summed E-state index contributed by atoms with van der Waals surface area (Å²) in [7, 11) is -3.60. The van der Waals surface area contributed by atoms with Gasteiger partial charge >= 0.3 is 0 Å². The van der Waals surface area contributed by atoms with Crippen LogP contribution in [-0.2, 0) is 10.0 Å². The molecule has 1 aromatic carbocycles. The third-order valence-corrected chi connectivity index (χ3v) is 4.04. The predicted octanol–water partition coefficient (Wildman–Crippen LogP) is 2.62. The molecule has 2 N–H and O–H groups in total. The molecule has 106 valence electrons. The number of rotatable bonds is 5. The lowest BCUT2D eigenvalue weighted by Gasteiger charge is -2.09. The minimum atomic E-state index is -3.60. The van der Waals surface area contributed by atoms with Crippen LogP contribution in [0.2, 0.25) is 0 Å². The Kier molecular flexibility index (Phi) is 4.24. The Morgan fingerprint density at radius 2 is 1.80 bits per heavy atom. The van der Waals surface area contributed by atoms with Gasteiger partial charge in [-0.3, -0.25) is 4.72 Å². The zero-order chi connectivity index (χ0) is 14.6. The molecular formula is C14H17N3O2S. The average Bonchev–Trinajstić information content (AvgIpc) is 2.39. The SMILES string of the molecule is CCNc1ccc(S(=O)(=O)Nc2cccc(C)n2)cc1. The lowest BCUT2D eigenvalue weighted by atomic mass is 10.3. The number of nitrogens with one attached hydrogen (secondary N) is 2. The van der Waals surface area contributed by atoms with E-state index in [1.807, 2.05) is 19.9 Å². The Hall–Kier alpha value is -2.08. The first kappa shape index (κ1) is 14.3. The van der Waals surface area contributed by atoms with Gasteiger partial charge in [-0.2, -0.15) is 0 Å². The van der Waals surface area contributed by atoms with Crippen molar-refractivity contribution in [3.05, 3.63) is 48.2 Å². The first-order chi connectivity index (χ1) is 9.51. The molecule has 0 unspecified atom stereocenters. The highest BCUT2D eigenvalue weighted by atomic mass is 32.2.